The highest BCUT2D eigenvalue weighted by molar-refractivity contribution is 7.23. The number of nitriles is 2. The molecule has 4 fully saturated rings. The highest BCUT2D eigenvalue weighted by Crippen LogP contribution is 2.50. The Bertz CT molecular complexity index is 2590. The van der Waals surface area contributed by atoms with Gasteiger partial charge in [0.1, 0.15) is 33.6 Å². The summed E-state index contributed by atoms with van der Waals surface area (Å²) in [5.74, 6) is -0.947. The van der Waals surface area contributed by atoms with E-state index in [1.165, 1.54) is 0 Å². The lowest BCUT2D eigenvalue weighted by Crippen LogP contribution is -2.56. The summed E-state index contributed by atoms with van der Waals surface area (Å²) in [5, 5.41) is 23.0. The van der Waals surface area contributed by atoms with E-state index in [2.05, 4.69) is 32.2 Å². The minimum atomic E-state index is -0.843. The van der Waals surface area contributed by atoms with Gasteiger partial charge in [-0.15, -0.1) is 11.3 Å². The van der Waals surface area contributed by atoms with Gasteiger partial charge in [-0.3, -0.25) is 10.3 Å². The van der Waals surface area contributed by atoms with E-state index in [1.54, 1.807) is 25.7 Å². The number of halogens is 2. The molecule has 3 saturated heterocycles. The van der Waals surface area contributed by atoms with Gasteiger partial charge in [-0.2, -0.15) is 20.5 Å². The Labute approximate surface area is 368 Å². The zero-order chi connectivity index (χ0) is 44.6. The van der Waals surface area contributed by atoms with Crippen molar-refractivity contribution in [2.45, 2.75) is 117 Å². The maximum atomic E-state index is 18.0. The van der Waals surface area contributed by atoms with Crippen molar-refractivity contribution >= 4 is 55.3 Å². The number of piperazine rings is 1. The van der Waals surface area contributed by atoms with Gasteiger partial charge in [0.2, 0.25) is 0 Å². The molecule has 1 saturated carbocycles. The third-order valence-electron chi connectivity index (χ3n) is 12.6. The van der Waals surface area contributed by atoms with Crippen molar-refractivity contribution in [3.05, 3.63) is 34.5 Å². The third-order valence-corrected chi connectivity index (χ3v) is 13.7. The first-order valence-electron chi connectivity index (χ1n) is 21.6. The number of amides is 2. The Morgan fingerprint density at radius 3 is 2.29 bits per heavy atom. The molecule has 2 unspecified atom stereocenters. The number of aromatic nitrogens is 3. The first kappa shape index (κ1) is 42.9. The predicted molar refractivity (Wildman–Crippen MR) is 230 cm³/mol. The molecule has 1 aliphatic carbocycles. The first-order valence-corrected chi connectivity index (χ1v) is 22.4. The zero-order valence-corrected chi connectivity index (χ0v) is 37.2. The van der Waals surface area contributed by atoms with Gasteiger partial charge < -0.3 is 33.6 Å². The molecule has 18 heteroatoms. The molecule has 3 aromatic heterocycles. The van der Waals surface area contributed by atoms with E-state index in [4.69, 9.17) is 28.9 Å². The zero-order valence-electron chi connectivity index (χ0n) is 36.4. The molecular formula is C45H51F2N9O6S. The molecule has 4 aromatic rings. The molecule has 0 spiro atoms. The number of rotatable bonds is 8. The summed E-state index contributed by atoms with van der Waals surface area (Å²) >= 11 is 0.835. The van der Waals surface area contributed by atoms with Crippen LogP contribution in [-0.4, -0.2) is 99.6 Å². The van der Waals surface area contributed by atoms with E-state index < -0.39 is 28.9 Å². The fourth-order valence-corrected chi connectivity index (χ4v) is 10.5. The summed E-state index contributed by atoms with van der Waals surface area (Å²) in [6, 6.07) is 4.17. The molecule has 332 valence electrons. The lowest BCUT2D eigenvalue weighted by molar-refractivity contribution is 0.0209. The van der Waals surface area contributed by atoms with Crippen molar-refractivity contribution in [2.24, 2.45) is 11.3 Å². The lowest BCUT2D eigenvalue weighted by atomic mass is 9.93. The van der Waals surface area contributed by atoms with Crippen molar-refractivity contribution in [3.8, 4) is 29.4 Å². The minimum Gasteiger partial charge on any atom is -0.463 e. The smallest absolute Gasteiger partial charge is 0.412 e. The van der Waals surface area contributed by atoms with Gasteiger partial charge in [0.15, 0.2) is 11.6 Å². The van der Waals surface area contributed by atoms with Gasteiger partial charge in [0, 0.05) is 54.0 Å². The van der Waals surface area contributed by atoms with E-state index in [0.717, 1.165) is 75.7 Å². The number of likely N-dealkylation sites (tertiary alicyclic amines) is 2. The summed E-state index contributed by atoms with van der Waals surface area (Å²) in [4.78, 5) is 46.8. The summed E-state index contributed by atoms with van der Waals surface area (Å²) in [7, 11) is 0. The average Bonchev–Trinajstić information content (AvgIpc) is 3.49. The third kappa shape index (κ3) is 8.29. The quantitative estimate of drug-likeness (QED) is 0.178. The van der Waals surface area contributed by atoms with Crippen LogP contribution in [0.3, 0.4) is 0 Å². The second-order valence-corrected chi connectivity index (χ2v) is 20.6. The van der Waals surface area contributed by atoms with Crippen LogP contribution < -0.4 is 15.0 Å². The number of carbonyl (C=O) groups is 2. The standard InChI is InChI=1S/C45H51F2N9O6S/c1-43(2,3)61-41(57)53-39-27(16-49)32-35(50-17-30(46)37(32)63-39)31-28-20-59-21-29(28)33-36(34(31)47)51-40(60-23-45(11-12-45)22-54-13-9-24(15-48)10-14-54)52-38(33)56-25-7-8-26(56)19-55(18-25)42(58)62-44(4,5)6/h17,24-26H,7-14,18-23H2,1-6H3,(H,53,57). The molecule has 7 heterocycles. The van der Waals surface area contributed by atoms with Crippen LogP contribution in [0.1, 0.15) is 96.8 Å². The van der Waals surface area contributed by atoms with E-state index >= 15 is 8.78 Å². The number of thiophene rings is 1. The van der Waals surface area contributed by atoms with Crippen molar-refractivity contribution in [2.75, 3.05) is 49.5 Å². The number of anilines is 2. The molecule has 5 aliphatic rings. The first-order chi connectivity index (χ1) is 29.9. The number of fused-ring (bicyclic) bond motifs is 6. The Morgan fingerprint density at radius 2 is 1.65 bits per heavy atom. The highest BCUT2D eigenvalue weighted by atomic mass is 32.1. The maximum absolute atomic E-state index is 18.0. The number of hydrogen-bond donors (Lipinski definition) is 1. The lowest BCUT2D eigenvalue weighted by Gasteiger charge is -2.42. The van der Waals surface area contributed by atoms with Gasteiger partial charge in [-0.05, 0) is 104 Å². The molecule has 0 radical (unpaired) electrons. The number of carbonyl (C=O) groups excluding carboxylic acids is 2. The number of pyridine rings is 1. The molecule has 4 aliphatic heterocycles. The SMILES string of the molecule is CC(C)(C)OC(=O)Nc1sc2c(F)cnc(-c3c4c(c5c(N6C7CCC6CN(C(=O)OC(C)(C)C)C7)nc(OCC6(CN7CCC(C#N)CC7)CC6)nc5c3F)COC4)c2c1C#N. The Balaban J connectivity index is 1.15. The van der Waals surface area contributed by atoms with Crippen molar-refractivity contribution < 1.29 is 37.3 Å². The van der Waals surface area contributed by atoms with E-state index in [-0.39, 0.29) is 86.2 Å². The summed E-state index contributed by atoms with van der Waals surface area (Å²) in [6.45, 7) is 14.3. The summed E-state index contributed by atoms with van der Waals surface area (Å²) < 4.78 is 57.4. The average molecular weight is 884 g/mol. The van der Waals surface area contributed by atoms with Crippen LogP contribution >= 0.6 is 11.3 Å². The van der Waals surface area contributed by atoms with Crippen LogP contribution in [-0.2, 0) is 27.4 Å². The molecule has 2 amide bonds. The van der Waals surface area contributed by atoms with Gasteiger partial charge >= 0.3 is 18.2 Å². The van der Waals surface area contributed by atoms with E-state index in [0.29, 0.717) is 42.0 Å². The molecular weight excluding hydrogens is 833 g/mol. The molecule has 2 bridgehead atoms. The van der Waals surface area contributed by atoms with Crippen LogP contribution in [0.5, 0.6) is 6.01 Å². The predicted octanol–water partition coefficient (Wildman–Crippen LogP) is 8.42. The fraction of sp³-hybridized carbons (Fsp3) is 0.578. The molecule has 1 N–H and O–H groups in total. The largest absolute Gasteiger partial charge is 0.463 e. The number of hydrogen-bond acceptors (Lipinski definition) is 14. The normalized spacial score (nSPS) is 21.0. The van der Waals surface area contributed by atoms with E-state index in [1.807, 2.05) is 20.8 Å². The molecule has 9 rings (SSSR count). The number of ether oxygens (including phenoxy) is 4. The van der Waals surface area contributed by atoms with Gasteiger partial charge in [0.25, 0.3) is 0 Å². The van der Waals surface area contributed by atoms with Crippen LogP contribution in [0.4, 0.5) is 29.2 Å². The van der Waals surface area contributed by atoms with Crippen LogP contribution in [0.2, 0.25) is 0 Å². The molecule has 2 atom stereocenters. The highest BCUT2D eigenvalue weighted by Gasteiger charge is 2.47. The van der Waals surface area contributed by atoms with Crippen LogP contribution in [0, 0.1) is 45.6 Å². The fourth-order valence-electron chi connectivity index (χ4n) is 9.50. The van der Waals surface area contributed by atoms with Crippen molar-refractivity contribution in [1.29, 1.82) is 10.5 Å². The monoisotopic (exact) mass is 883 g/mol. The van der Waals surface area contributed by atoms with Crippen molar-refractivity contribution in [1.82, 2.24) is 24.8 Å². The number of nitrogens with zero attached hydrogens (tertiary/aromatic N) is 8. The second kappa shape index (κ2) is 16.0. The Morgan fingerprint density at radius 1 is 0.968 bits per heavy atom. The minimum absolute atomic E-state index is 0.000965. The second-order valence-electron chi connectivity index (χ2n) is 19.5. The van der Waals surface area contributed by atoms with Gasteiger partial charge in [-0.1, -0.05) is 0 Å². The molecule has 63 heavy (non-hydrogen) atoms. The summed E-state index contributed by atoms with van der Waals surface area (Å²) in [5.41, 5.74) is -0.655. The molecule has 1 aromatic carbocycles. The van der Waals surface area contributed by atoms with E-state index in [9.17, 15) is 20.1 Å². The van der Waals surface area contributed by atoms with Gasteiger partial charge in [-0.25, -0.2) is 18.4 Å². The van der Waals surface area contributed by atoms with Gasteiger partial charge in [0.05, 0.1) is 53.4 Å². The topological polar surface area (TPSA) is 179 Å². The maximum Gasteiger partial charge on any atom is 0.412 e. The number of benzene rings is 1. The van der Waals surface area contributed by atoms with Crippen LogP contribution in [0.15, 0.2) is 6.20 Å². The Kier molecular flexibility index (Phi) is 10.9. The summed E-state index contributed by atoms with van der Waals surface area (Å²) in [6.07, 6.45) is 4.86. The van der Waals surface area contributed by atoms with Crippen molar-refractivity contribution in [3.63, 3.8) is 0 Å². The van der Waals surface area contributed by atoms with Crippen LogP contribution in [0.25, 0.3) is 32.2 Å². The number of nitrogens with one attached hydrogen (secondary N) is 1. The molecule has 15 nitrogen and oxygen atoms in total. The Hall–Kier alpha value is -5.43. The number of piperidine rings is 1.